The van der Waals surface area contributed by atoms with Gasteiger partial charge in [-0.2, -0.15) is 0 Å². The van der Waals surface area contributed by atoms with Crippen LogP contribution in [0, 0.1) is 0 Å². The van der Waals surface area contributed by atoms with Crippen LogP contribution >= 0.6 is 0 Å². The summed E-state index contributed by atoms with van der Waals surface area (Å²) in [7, 11) is 4.02. The molecule has 0 aliphatic rings. The summed E-state index contributed by atoms with van der Waals surface area (Å²) in [5.41, 5.74) is 3.30. The molecule has 0 aliphatic heterocycles. The summed E-state index contributed by atoms with van der Waals surface area (Å²) in [4.78, 5) is 2.07. The van der Waals surface area contributed by atoms with Gasteiger partial charge in [-0.25, -0.2) is 0 Å². The molecule has 1 rings (SSSR count). The van der Waals surface area contributed by atoms with Gasteiger partial charge in [0, 0.05) is 12.1 Å². The van der Waals surface area contributed by atoms with Crippen LogP contribution in [0.3, 0.4) is 0 Å². The molecule has 1 aromatic rings. The molecule has 0 saturated heterocycles. The number of phenols is 1. The van der Waals surface area contributed by atoms with E-state index < -0.39 is 0 Å². The van der Waals surface area contributed by atoms with Gasteiger partial charge in [0.1, 0.15) is 5.75 Å². The highest BCUT2D eigenvalue weighted by atomic mass is 16.3. The van der Waals surface area contributed by atoms with E-state index in [4.69, 9.17) is 0 Å². The van der Waals surface area contributed by atoms with Gasteiger partial charge in [-0.15, -0.1) is 6.58 Å². The Morgan fingerprint density at radius 3 is 2.22 bits per heavy atom. The van der Waals surface area contributed by atoms with Crippen LogP contribution < -0.4 is 0 Å². The molecule has 0 spiro atoms. The molecule has 0 bridgehead atoms. The number of aromatic hydroxyl groups is 1. The second-order valence-electron chi connectivity index (χ2n) is 6.12. The van der Waals surface area contributed by atoms with Crippen LogP contribution in [0.4, 0.5) is 0 Å². The Hall–Kier alpha value is -1.28. The van der Waals surface area contributed by atoms with Gasteiger partial charge in [0.25, 0.3) is 0 Å². The summed E-state index contributed by atoms with van der Waals surface area (Å²) < 4.78 is 0. The number of benzene rings is 1. The van der Waals surface area contributed by atoms with Gasteiger partial charge in [0.15, 0.2) is 0 Å². The Bertz CT molecular complexity index is 427. The van der Waals surface area contributed by atoms with E-state index in [1.807, 2.05) is 20.2 Å². The Balaban J connectivity index is 3.31. The van der Waals surface area contributed by atoms with E-state index in [9.17, 15) is 5.11 Å². The van der Waals surface area contributed by atoms with Crippen LogP contribution in [0.15, 0.2) is 24.8 Å². The zero-order valence-corrected chi connectivity index (χ0v) is 12.2. The average molecular weight is 247 g/mol. The van der Waals surface area contributed by atoms with Crippen LogP contribution in [-0.2, 0) is 18.4 Å². The fourth-order valence-corrected chi connectivity index (χ4v) is 1.97. The third-order valence-corrected chi connectivity index (χ3v) is 2.98. The fraction of sp³-hybridized carbons (Fsp3) is 0.500. The highest BCUT2D eigenvalue weighted by Gasteiger charge is 2.18. The summed E-state index contributed by atoms with van der Waals surface area (Å²) in [6.45, 7) is 11.1. The first kappa shape index (κ1) is 14.8. The minimum absolute atomic E-state index is 0.0880. The van der Waals surface area contributed by atoms with Crippen molar-refractivity contribution < 1.29 is 5.11 Å². The molecule has 0 radical (unpaired) electrons. The average Bonchev–Trinajstić information content (AvgIpc) is 2.21. The monoisotopic (exact) mass is 247 g/mol. The summed E-state index contributed by atoms with van der Waals surface area (Å²) in [5.74, 6) is 0.414. The van der Waals surface area contributed by atoms with Crippen molar-refractivity contribution in [3.8, 4) is 5.75 Å². The molecule has 2 heteroatoms. The van der Waals surface area contributed by atoms with Gasteiger partial charge in [0.05, 0.1) is 0 Å². The Morgan fingerprint density at radius 2 is 1.78 bits per heavy atom. The van der Waals surface area contributed by atoms with E-state index in [1.54, 1.807) is 0 Å². The van der Waals surface area contributed by atoms with Crippen LogP contribution in [0.25, 0.3) is 0 Å². The molecule has 1 N–H and O–H groups in total. The van der Waals surface area contributed by atoms with E-state index >= 15 is 0 Å². The second-order valence-corrected chi connectivity index (χ2v) is 6.12. The molecule has 0 amide bonds. The normalized spacial score (nSPS) is 11.9. The van der Waals surface area contributed by atoms with Crippen LogP contribution in [0.2, 0.25) is 0 Å². The number of phenolic OH excluding ortho intramolecular Hbond substituents is 1. The molecule has 1 aromatic carbocycles. The zero-order chi connectivity index (χ0) is 13.9. The van der Waals surface area contributed by atoms with Gasteiger partial charge < -0.3 is 10.0 Å². The lowest BCUT2D eigenvalue weighted by Crippen LogP contribution is -2.15. The number of rotatable bonds is 4. The van der Waals surface area contributed by atoms with Crippen molar-refractivity contribution in [2.45, 2.75) is 39.2 Å². The van der Waals surface area contributed by atoms with Gasteiger partial charge in [-0.1, -0.05) is 39.0 Å². The van der Waals surface area contributed by atoms with Crippen LogP contribution in [-0.4, -0.2) is 24.1 Å². The molecule has 2 nitrogen and oxygen atoms in total. The van der Waals surface area contributed by atoms with E-state index in [-0.39, 0.29) is 5.41 Å². The maximum Gasteiger partial charge on any atom is 0.123 e. The van der Waals surface area contributed by atoms with Gasteiger partial charge in [-0.05, 0) is 37.1 Å². The minimum Gasteiger partial charge on any atom is -0.507 e. The Labute approximate surface area is 111 Å². The molecule has 0 fully saturated rings. The predicted molar refractivity (Wildman–Crippen MR) is 78.1 cm³/mol. The van der Waals surface area contributed by atoms with Gasteiger partial charge >= 0.3 is 0 Å². The van der Waals surface area contributed by atoms with Crippen molar-refractivity contribution in [1.82, 2.24) is 4.90 Å². The number of hydrogen-bond acceptors (Lipinski definition) is 2. The maximum absolute atomic E-state index is 10.3. The first-order valence-corrected chi connectivity index (χ1v) is 6.36. The highest BCUT2D eigenvalue weighted by Crippen LogP contribution is 2.32. The molecule has 0 aliphatic carbocycles. The molecular formula is C16H25NO. The minimum atomic E-state index is 0.0880. The zero-order valence-electron chi connectivity index (χ0n) is 12.2. The standard InChI is InChI=1S/C16H25NO/c1-7-8-12-9-14(16(2,3)4)10-13(15(12)18)11-17(5)6/h7,9-10,18H,1,8,11H2,2-6H3. The van der Waals surface area contributed by atoms with Crippen molar-refractivity contribution >= 4 is 0 Å². The first-order chi connectivity index (χ1) is 8.25. The van der Waals surface area contributed by atoms with Crippen LogP contribution in [0.5, 0.6) is 5.75 Å². The van der Waals surface area contributed by atoms with Gasteiger partial charge in [0.2, 0.25) is 0 Å². The third kappa shape index (κ3) is 3.61. The third-order valence-electron chi connectivity index (χ3n) is 2.98. The topological polar surface area (TPSA) is 23.5 Å². The van der Waals surface area contributed by atoms with Crippen molar-refractivity contribution in [1.29, 1.82) is 0 Å². The largest absolute Gasteiger partial charge is 0.507 e. The molecule has 18 heavy (non-hydrogen) atoms. The SMILES string of the molecule is C=CCc1cc(C(C)(C)C)cc(CN(C)C)c1O. The summed E-state index contributed by atoms with van der Waals surface area (Å²) in [6.07, 6.45) is 2.54. The second kappa shape index (κ2) is 5.57. The Kier molecular flexibility index (Phi) is 4.58. The van der Waals surface area contributed by atoms with Crippen molar-refractivity contribution in [2.75, 3.05) is 14.1 Å². The quantitative estimate of drug-likeness (QED) is 0.823. The Morgan fingerprint density at radius 1 is 1.22 bits per heavy atom. The molecule has 0 heterocycles. The molecular weight excluding hydrogens is 222 g/mol. The smallest absolute Gasteiger partial charge is 0.123 e. The van der Waals surface area contributed by atoms with Crippen LogP contribution in [0.1, 0.15) is 37.5 Å². The highest BCUT2D eigenvalue weighted by molar-refractivity contribution is 5.46. The lowest BCUT2D eigenvalue weighted by molar-refractivity contribution is 0.383. The molecule has 0 atom stereocenters. The van der Waals surface area contributed by atoms with E-state index in [2.05, 4.69) is 44.4 Å². The van der Waals surface area contributed by atoms with Crippen molar-refractivity contribution in [3.63, 3.8) is 0 Å². The first-order valence-electron chi connectivity index (χ1n) is 6.36. The van der Waals surface area contributed by atoms with Crippen molar-refractivity contribution in [2.24, 2.45) is 0 Å². The van der Waals surface area contributed by atoms with E-state index in [0.717, 1.165) is 17.7 Å². The van der Waals surface area contributed by atoms with E-state index in [1.165, 1.54) is 5.56 Å². The molecule has 0 unspecified atom stereocenters. The summed E-state index contributed by atoms with van der Waals surface area (Å²) in [5, 5.41) is 10.3. The summed E-state index contributed by atoms with van der Waals surface area (Å²) >= 11 is 0. The molecule has 0 aromatic heterocycles. The van der Waals surface area contributed by atoms with Crippen molar-refractivity contribution in [3.05, 3.63) is 41.5 Å². The van der Waals surface area contributed by atoms with Gasteiger partial charge in [-0.3, -0.25) is 0 Å². The van der Waals surface area contributed by atoms with E-state index in [0.29, 0.717) is 12.2 Å². The maximum atomic E-state index is 10.3. The predicted octanol–water partition coefficient (Wildman–Crippen LogP) is 3.48. The lowest BCUT2D eigenvalue weighted by atomic mass is 9.84. The molecule has 100 valence electrons. The number of allylic oxidation sites excluding steroid dienone is 1. The molecule has 0 saturated carbocycles. The summed E-state index contributed by atoms with van der Waals surface area (Å²) in [6, 6.07) is 4.21. The fourth-order valence-electron chi connectivity index (χ4n) is 1.97. The number of hydrogen-bond donors (Lipinski definition) is 1. The lowest BCUT2D eigenvalue weighted by Gasteiger charge is -2.23. The number of nitrogens with zero attached hydrogens (tertiary/aromatic N) is 1.